The van der Waals surface area contributed by atoms with Crippen molar-refractivity contribution < 1.29 is 32.6 Å². The van der Waals surface area contributed by atoms with Gasteiger partial charge in [-0.2, -0.15) is 5.26 Å². The van der Waals surface area contributed by atoms with Gasteiger partial charge in [-0.3, -0.25) is 4.79 Å². The number of aromatic amines is 1. The molecule has 0 bridgehead atoms. The minimum Gasteiger partial charge on any atom is -0.478 e. The first kappa shape index (κ1) is 25.3. The second-order valence-corrected chi connectivity index (χ2v) is 8.24. The van der Waals surface area contributed by atoms with Gasteiger partial charge in [0, 0.05) is 23.1 Å². The van der Waals surface area contributed by atoms with E-state index < -0.39 is 30.0 Å². The van der Waals surface area contributed by atoms with Crippen molar-refractivity contribution in [1.29, 1.82) is 5.26 Å². The lowest BCUT2D eigenvalue weighted by Gasteiger charge is -2.19. The number of nitriles is 1. The molecule has 3 aromatic carbocycles. The molecule has 0 aliphatic rings. The quantitative estimate of drug-likeness (QED) is 0.284. The van der Waals surface area contributed by atoms with E-state index in [1.54, 1.807) is 6.20 Å². The van der Waals surface area contributed by atoms with Crippen LogP contribution in [0.2, 0.25) is 0 Å². The van der Waals surface area contributed by atoms with Crippen LogP contribution in [0.1, 0.15) is 32.7 Å². The number of ether oxygens (including phenoxy) is 1. The van der Waals surface area contributed by atoms with Crippen molar-refractivity contribution in [2.75, 3.05) is 0 Å². The maximum absolute atomic E-state index is 13.2. The lowest BCUT2D eigenvalue weighted by molar-refractivity contribution is -0.274. The summed E-state index contributed by atoms with van der Waals surface area (Å²) in [6.07, 6.45) is -3.07. The number of amides is 1. The van der Waals surface area contributed by atoms with E-state index in [0.717, 1.165) is 22.5 Å². The summed E-state index contributed by atoms with van der Waals surface area (Å²) in [7, 11) is 0. The molecule has 1 unspecified atom stereocenters. The largest absolute Gasteiger partial charge is 0.573 e. The highest BCUT2D eigenvalue weighted by molar-refractivity contribution is 5.98. The van der Waals surface area contributed by atoms with Gasteiger partial charge in [0.25, 0.3) is 5.91 Å². The van der Waals surface area contributed by atoms with Crippen LogP contribution in [0.4, 0.5) is 13.2 Å². The second kappa shape index (κ2) is 10.5. The van der Waals surface area contributed by atoms with Gasteiger partial charge in [0.1, 0.15) is 5.75 Å². The van der Waals surface area contributed by atoms with Crippen LogP contribution >= 0.6 is 0 Å². The van der Waals surface area contributed by atoms with Gasteiger partial charge in [0.15, 0.2) is 0 Å². The molecule has 7 nitrogen and oxygen atoms in total. The van der Waals surface area contributed by atoms with Crippen LogP contribution in [-0.2, 0) is 6.42 Å². The van der Waals surface area contributed by atoms with Gasteiger partial charge >= 0.3 is 12.3 Å². The molecule has 10 heteroatoms. The molecule has 0 fully saturated rings. The van der Waals surface area contributed by atoms with Crippen LogP contribution in [-0.4, -0.2) is 34.4 Å². The fourth-order valence-corrected chi connectivity index (χ4v) is 4.02. The number of alkyl halides is 3. The fraction of sp³-hybridized carbons (Fsp3) is 0.148. The van der Waals surface area contributed by atoms with Gasteiger partial charge in [-0.25, -0.2) is 4.79 Å². The number of hydrogen-bond acceptors (Lipinski definition) is 4. The van der Waals surface area contributed by atoms with Crippen molar-refractivity contribution in [2.24, 2.45) is 0 Å². The summed E-state index contributed by atoms with van der Waals surface area (Å²) >= 11 is 0. The van der Waals surface area contributed by atoms with Gasteiger partial charge in [-0.05, 0) is 53.4 Å². The Labute approximate surface area is 209 Å². The molecular formula is C27H20F3N3O4. The number of H-pyrrole nitrogens is 1. The predicted molar refractivity (Wildman–Crippen MR) is 129 cm³/mol. The molecule has 0 aliphatic carbocycles. The van der Waals surface area contributed by atoms with Gasteiger partial charge < -0.3 is 20.1 Å². The maximum Gasteiger partial charge on any atom is 0.573 e. The average molecular weight is 507 g/mol. The number of carboxylic acid groups (broad SMARTS) is 1. The zero-order valence-electron chi connectivity index (χ0n) is 19.2. The Morgan fingerprint density at radius 1 is 1.05 bits per heavy atom. The molecule has 0 radical (unpaired) electrons. The minimum atomic E-state index is -5.03. The SMILES string of the molecule is N#CCC(Cc1c[nH]c2ccccc12)NC(=O)c1cc(-c2ccc(C(=O)O)cc2)ccc1OC(F)(F)F. The van der Waals surface area contributed by atoms with Crippen molar-refractivity contribution >= 4 is 22.8 Å². The number of nitrogens with one attached hydrogen (secondary N) is 2. The number of fused-ring (bicyclic) bond motifs is 1. The van der Waals surface area contributed by atoms with Crippen LogP contribution in [0.3, 0.4) is 0 Å². The van der Waals surface area contributed by atoms with Crippen molar-refractivity contribution in [3.63, 3.8) is 0 Å². The van der Waals surface area contributed by atoms with Crippen molar-refractivity contribution in [3.05, 3.63) is 89.6 Å². The zero-order chi connectivity index (χ0) is 26.6. The molecular weight excluding hydrogens is 487 g/mol. The van der Waals surface area contributed by atoms with E-state index in [2.05, 4.69) is 15.0 Å². The summed E-state index contributed by atoms with van der Waals surface area (Å²) in [5, 5.41) is 22.0. The van der Waals surface area contributed by atoms with Crippen LogP contribution < -0.4 is 10.1 Å². The molecule has 188 valence electrons. The minimum absolute atomic E-state index is 0.0374. The first-order valence-electron chi connectivity index (χ1n) is 11.1. The van der Waals surface area contributed by atoms with Crippen LogP contribution in [0, 0.1) is 11.3 Å². The third-order valence-electron chi connectivity index (χ3n) is 5.73. The number of hydrogen-bond donors (Lipinski definition) is 3. The van der Waals surface area contributed by atoms with Crippen LogP contribution in [0.15, 0.2) is 72.9 Å². The Bertz CT molecular complexity index is 1490. The second-order valence-electron chi connectivity index (χ2n) is 8.24. The number of carbonyl (C=O) groups is 2. The number of carbonyl (C=O) groups excluding carboxylic acids is 1. The number of carboxylic acids is 1. The first-order chi connectivity index (χ1) is 17.6. The van der Waals surface area contributed by atoms with E-state index in [9.17, 15) is 28.0 Å². The number of halogens is 3. The number of aromatic carboxylic acids is 1. The number of nitrogens with zero attached hydrogens (tertiary/aromatic N) is 1. The molecule has 1 amide bonds. The standard InChI is InChI=1S/C27H20F3N3O4/c28-27(29,30)37-24-10-9-18(16-5-7-17(8-6-16)26(35)36)14-22(24)25(34)33-20(11-12-31)13-19-15-32-23-4-2-1-3-21(19)23/h1-10,14-15,20,32H,11,13H2,(H,33,34)(H,35,36). The number of aromatic nitrogens is 1. The van der Waals surface area contributed by atoms with Crippen LogP contribution in [0.5, 0.6) is 5.75 Å². The molecule has 37 heavy (non-hydrogen) atoms. The summed E-state index contributed by atoms with van der Waals surface area (Å²) < 4.78 is 43.3. The Kier molecular flexibility index (Phi) is 7.15. The Morgan fingerprint density at radius 3 is 2.43 bits per heavy atom. The molecule has 4 rings (SSSR count). The fourth-order valence-electron chi connectivity index (χ4n) is 4.02. The lowest BCUT2D eigenvalue weighted by atomic mass is 9.99. The van der Waals surface area contributed by atoms with E-state index in [1.807, 2.05) is 30.3 Å². The number of para-hydroxylation sites is 1. The van der Waals surface area contributed by atoms with Gasteiger partial charge in [0.2, 0.25) is 0 Å². The molecule has 3 N–H and O–H groups in total. The van der Waals surface area contributed by atoms with Crippen molar-refractivity contribution in [2.45, 2.75) is 25.2 Å². The predicted octanol–water partition coefficient (Wildman–Crippen LogP) is 5.69. The van der Waals surface area contributed by atoms with E-state index in [1.165, 1.54) is 36.4 Å². The Balaban J connectivity index is 1.65. The van der Waals surface area contributed by atoms with E-state index in [0.29, 0.717) is 11.1 Å². The molecule has 0 spiro atoms. The summed E-state index contributed by atoms with van der Waals surface area (Å²) in [6, 6.07) is 18.1. The molecule has 0 aliphatic heterocycles. The molecule has 0 saturated carbocycles. The maximum atomic E-state index is 13.2. The molecule has 0 saturated heterocycles. The molecule has 1 atom stereocenters. The highest BCUT2D eigenvalue weighted by Crippen LogP contribution is 2.31. The summed E-state index contributed by atoms with van der Waals surface area (Å²) in [4.78, 5) is 27.4. The normalized spacial score (nSPS) is 12.1. The highest BCUT2D eigenvalue weighted by atomic mass is 19.4. The average Bonchev–Trinajstić information content (AvgIpc) is 3.26. The van der Waals surface area contributed by atoms with Gasteiger partial charge in [-0.15, -0.1) is 13.2 Å². The Morgan fingerprint density at radius 2 is 1.76 bits per heavy atom. The monoisotopic (exact) mass is 507 g/mol. The Hall–Kier alpha value is -4.78. The number of rotatable bonds is 8. The highest BCUT2D eigenvalue weighted by Gasteiger charge is 2.33. The van der Waals surface area contributed by atoms with E-state index in [4.69, 9.17) is 5.11 Å². The molecule has 4 aromatic rings. The topological polar surface area (TPSA) is 115 Å². The first-order valence-corrected chi connectivity index (χ1v) is 11.1. The van der Waals surface area contributed by atoms with Crippen LogP contribution in [0.25, 0.3) is 22.0 Å². The van der Waals surface area contributed by atoms with E-state index in [-0.39, 0.29) is 24.0 Å². The third-order valence-corrected chi connectivity index (χ3v) is 5.73. The van der Waals surface area contributed by atoms with E-state index >= 15 is 0 Å². The van der Waals surface area contributed by atoms with Gasteiger partial charge in [-0.1, -0.05) is 36.4 Å². The lowest BCUT2D eigenvalue weighted by Crippen LogP contribution is -2.36. The van der Waals surface area contributed by atoms with Gasteiger partial charge in [0.05, 0.1) is 23.6 Å². The number of benzene rings is 3. The molecule has 1 aromatic heterocycles. The zero-order valence-corrected chi connectivity index (χ0v) is 19.2. The molecule has 1 heterocycles. The summed E-state index contributed by atoms with van der Waals surface area (Å²) in [5.74, 6) is -2.67. The smallest absolute Gasteiger partial charge is 0.478 e. The summed E-state index contributed by atoms with van der Waals surface area (Å²) in [6.45, 7) is 0. The summed E-state index contributed by atoms with van der Waals surface area (Å²) in [5.41, 5.74) is 2.25. The third kappa shape index (κ3) is 6.08. The van der Waals surface area contributed by atoms with Crippen molar-refractivity contribution in [3.8, 4) is 22.9 Å². The van der Waals surface area contributed by atoms with Crippen molar-refractivity contribution in [1.82, 2.24) is 10.3 Å².